The number of alkyl carbamates (subject to hydrolysis) is 1. The van der Waals surface area contributed by atoms with Crippen molar-refractivity contribution in [3.63, 3.8) is 0 Å². The van der Waals surface area contributed by atoms with E-state index in [0.717, 1.165) is 28.7 Å². The number of aromatic nitrogens is 2. The summed E-state index contributed by atoms with van der Waals surface area (Å²) in [6, 6.07) is 13.9. The number of ether oxygens (including phenoxy) is 1. The predicted molar refractivity (Wildman–Crippen MR) is 103 cm³/mol. The van der Waals surface area contributed by atoms with Crippen molar-refractivity contribution in [2.75, 3.05) is 11.9 Å². The molecule has 0 radical (unpaired) electrons. The Morgan fingerprint density at radius 3 is 3.04 bits per heavy atom. The Balaban J connectivity index is 1.26. The van der Waals surface area contributed by atoms with Gasteiger partial charge in [0.1, 0.15) is 0 Å². The topological polar surface area (TPSA) is 88.2 Å². The lowest BCUT2D eigenvalue weighted by Crippen LogP contribution is -2.33. The number of hydrogen-bond acceptors (Lipinski definition) is 6. The summed E-state index contributed by atoms with van der Waals surface area (Å²) in [5.74, 6) is 0. The number of benzene rings is 1. The van der Waals surface area contributed by atoms with Crippen molar-refractivity contribution in [2.45, 2.75) is 25.2 Å². The first kappa shape index (κ1) is 17.2. The Hall–Kier alpha value is -3.19. The summed E-state index contributed by atoms with van der Waals surface area (Å²) in [5.41, 5.74) is 1.83. The number of carbonyl (C=O) groups is 1. The quantitative estimate of drug-likeness (QED) is 0.646. The van der Waals surface area contributed by atoms with E-state index >= 15 is 0 Å². The highest BCUT2D eigenvalue weighted by atomic mass is 16.6. The Labute approximate surface area is 157 Å². The Bertz CT molecular complexity index is 918. The molecule has 1 fully saturated rings. The molecule has 1 amide bonds. The van der Waals surface area contributed by atoms with Crippen molar-refractivity contribution in [3.8, 4) is 0 Å². The highest BCUT2D eigenvalue weighted by molar-refractivity contribution is 5.84. The largest absolute Gasteiger partial charge is 0.430 e. The van der Waals surface area contributed by atoms with Gasteiger partial charge in [-0.3, -0.25) is 15.3 Å². The molecule has 0 bridgehead atoms. The van der Waals surface area contributed by atoms with Gasteiger partial charge < -0.3 is 15.4 Å². The summed E-state index contributed by atoms with van der Waals surface area (Å²) >= 11 is 0. The summed E-state index contributed by atoms with van der Waals surface area (Å²) in [6.45, 7) is 1.08. The number of amides is 1. The van der Waals surface area contributed by atoms with Crippen LogP contribution in [0.25, 0.3) is 10.8 Å². The summed E-state index contributed by atoms with van der Waals surface area (Å²) < 4.78 is 5.43. The molecule has 1 saturated heterocycles. The standard InChI is InChI=1S/C20H21N5O2/c26-20(24-12-17-3-1-2-7-22-17)27-19-10-18(13-23-19)25-16-5-4-15-11-21-8-6-14(15)9-16/h1-9,11,18-19,23,25H,10,12-13H2,(H,24,26)/t18-,19-/m0/s1. The van der Waals surface area contributed by atoms with Crippen LogP contribution in [0.1, 0.15) is 12.1 Å². The molecule has 0 spiro atoms. The monoisotopic (exact) mass is 363 g/mol. The number of pyridine rings is 2. The maximum absolute atomic E-state index is 12.0. The van der Waals surface area contributed by atoms with Gasteiger partial charge in [0.2, 0.25) is 0 Å². The number of nitrogens with zero attached hydrogens (tertiary/aromatic N) is 2. The molecule has 27 heavy (non-hydrogen) atoms. The van der Waals surface area contributed by atoms with Gasteiger partial charge in [-0.15, -0.1) is 0 Å². The minimum Gasteiger partial charge on any atom is -0.430 e. The number of anilines is 1. The molecule has 4 rings (SSSR count). The van der Waals surface area contributed by atoms with Gasteiger partial charge >= 0.3 is 6.09 Å². The normalized spacial score (nSPS) is 19.0. The third-order valence-electron chi connectivity index (χ3n) is 4.49. The van der Waals surface area contributed by atoms with Gasteiger partial charge in [0.05, 0.1) is 12.2 Å². The predicted octanol–water partition coefficient (Wildman–Crippen LogP) is 2.66. The van der Waals surface area contributed by atoms with Gasteiger partial charge in [0.25, 0.3) is 0 Å². The van der Waals surface area contributed by atoms with Crippen LogP contribution in [0.3, 0.4) is 0 Å². The average Bonchev–Trinajstić information content (AvgIpc) is 3.14. The summed E-state index contributed by atoms with van der Waals surface area (Å²) in [5, 5.41) is 11.7. The molecule has 0 aliphatic carbocycles. The van der Waals surface area contributed by atoms with Crippen molar-refractivity contribution in [3.05, 3.63) is 66.7 Å². The van der Waals surface area contributed by atoms with Crippen LogP contribution in [-0.2, 0) is 11.3 Å². The third-order valence-corrected chi connectivity index (χ3v) is 4.49. The van der Waals surface area contributed by atoms with E-state index in [1.807, 2.05) is 42.6 Å². The number of carbonyl (C=O) groups excluding carboxylic acids is 1. The maximum Gasteiger partial charge on any atom is 0.409 e. The van der Waals surface area contributed by atoms with Crippen LogP contribution >= 0.6 is 0 Å². The first-order chi connectivity index (χ1) is 13.3. The Kier molecular flexibility index (Phi) is 5.11. The minimum absolute atomic E-state index is 0.192. The van der Waals surface area contributed by atoms with Gasteiger partial charge in [-0.25, -0.2) is 4.79 Å². The number of fused-ring (bicyclic) bond motifs is 1. The maximum atomic E-state index is 12.0. The number of nitrogens with one attached hydrogen (secondary N) is 3. The zero-order valence-corrected chi connectivity index (χ0v) is 14.8. The van der Waals surface area contributed by atoms with Gasteiger partial charge in [-0.05, 0) is 35.7 Å². The molecule has 7 heteroatoms. The summed E-state index contributed by atoms with van der Waals surface area (Å²) in [6.07, 6.45) is 5.28. The average molecular weight is 363 g/mol. The minimum atomic E-state index is -0.447. The Morgan fingerprint density at radius 2 is 2.15 bits per heavy atom. The van der Waals surface area contributed by atoms with Gasteiger partial charge in [0.15, 0.2) is 6.23 Å². The lowest BCUT2D eigenvalue weighted by atomic mass is 10.1. The van der Waals surface area contributed by atoms with Crippen LogP contribution in [0.5, 0.6) is 0 Å². The van der Waals surface area contributed by atoms with E-state index in [1.54, 1.807) is 12.4 Å². The molecule has 7 nitrogen and oxygen atoms in total. The van der Waals surface area contributed by atoms with E-state index in [1.165, 1.54) is 0 Å². The van der Waals surface area contributed by atoms with Crippen LogP contribution < -0.4 is 16.0 Å². The van der Waals surface area contributed by atoms with Crippen molar-refractivity contribution >= 4 is 22.6 Å². The van der Waals surface area contributed by atoms with E-state index in [4.69, 9.17) is 4.74 Å². The smallest absolute Gasteiger partial charge is 0.409 e. The zero-order chi connectivity index (χ0) is 18.5. The van der Waals surface area contributed by atoms with E-state index in [9.17, 15) is 4.79 Å². The van der Waals surface area contributed by atoms with Gasteiger partial charge in [0, 0.05) is 48.7 Å². The second kappa shape index (κ2) is 8.01. The van der Waals surface area contributed by atoms with Crippen LogP contribution in [0.4, 0.5) is 10.5 Å². The second-order valence-corrected chi connectivity index (χ2v) is 6.49. The molecular weight excluding hydrogens is 342 g/mol. The van der Waals surface area contributed by atoms with Crippen molar-refractivity contribution in [1.82, 2.24) is 20.6 Å². The van der Waals surface area contributed by atoms with Crippen molar-refractivity contribution in [1.29, 1.82) is 0 Å². The first-order valence-electron chi connectivity index (χ1n) is 8.94. The first-order valence-corrected chi connectivity index (χ1v) is 8.94. The molecule has 3 N–H and O–H groups in total. The van der Waals surface area contributed by atoms with Crippen LogP contribution in [0, 0.1) is 0 Å². The lowest BCUT2D eigenvalue weighted by Gasteiger charge is -2.15. The molecule has 1 aromatic carbocycles. The number of rotatable bonds is 5. The summed E-state index contributed by atoms with van der Waals surface area (Å²) in [7, 11) is 0. The molecule has 3 heterocycles. The fourth-order valence-electron chi connectivity index (χ4n) is 3.14. The third kappa shape index (κ3) is 4.51. The lowest BCUT2D eigenvalue weighted by molar-refractivity contribution is 0.0888. The molecular formula is C20H21N5O2. The highest BCUT2D eigenvalue weighted by Crippen LogP contribution is 2.20. The van der Waals surface area contributed by atoms with Crippen molar-refractivity contribution < 1.29 is 9.53 Å². The van der Waals surface area contributed by atoms with E-state index in [-0.39, 0.29) is 12.3 Å². The van der Waals surface area contributed by atoms with E-state index < -0.39 is 6.09 Å². The van der Waals surface area contributed by atoms with Crippen LogP contribution in [0.15, 0.2) is 61.1 Å². The molecule has 1 aliphatic heterocycles. The Morgan fingerprint density at radius 1 is 1.19 bits per heavy atom. The molecule has 2 aromatic heterocycles. The molecule has 1 aliphatic rings. The fourth-order valence-corrected chi connectivity index (χ4v) is 3.14. The zero-order valence-electron chi connectivity index (χ0n) is 14.8. The highest BCUT2D eigenvalue weighted by Gasteiger charge is 2.26. The second-order valence-electron chi connectivity index (χ2n) is 6.49. The van der Waals surface area contributed by atoms with E-state index in [2.05, 4.69) is 32.0 Å². The van der Waals surface area contributed by atoms with Crippen molar-refractivity contribution in [2.24, 2.45) is 0 Å². The van der Waals surface area contributed by atoms with Crippen LogP contribution in [-0.4, -0.2) is 34.9 Å². The molecule has 3 aromatic rings. The molecule has 0 unspecified atom stereocenters. The SMILES string of the molecule is O=C(NCc1ccccn1)O[C@H]1C[C@H](Nc2ccc3cnccc3c2)CN1. The molecule has 2 atom stereocenters. The summed E-state index contributed by atoms with van der Waals surface area (Å²) in [4.78, 5) is 20.2. The number of hydrogen-bond donors (Lipinski definition) is 3. The molecule has 0 saturated carbocycles. The van der Waals surface area contributed by atoms with Gasteiger partial charge in [-0.2, -0.15) is 0 Å². The van der Waals surface area contributed by atoms with Crippen LogP contribution in [0.2, 0.25) is 0 Å². The molecule has 138 valence electrons. The fraction of sp³-hybridized carbons (Fsp3) is 0.250. The van der Waals surface area contributed by atoms with Gasteiger partial charge in [-0.1, -0.05) is 12.1 Å². The van der Waals surface area contributed by atoms with E-state index in [0.29, 0.717) is 13.0 Å².